The maximum atomic E-state index is 12.4. The van der Waals surface area contributed by atoms with E-state index in [1.165, 1.54) is 5.56 Å². The van der Waals surface area contributed by atoms with E-state index < -0.39 is 0 Å². The molecule has 1 amide bonds. The van der Waals surface area contributed by atoms with Crippen molar-refractivity contribution < 1.29 is 4.79 Å². The van der Waals surface area contributed by atoms with Crippen LogP contribution in [0.2, 0.25) is 0 Å². The molecular formula is C18H23N3O. The van der Waals surface area contributed by atoms with Crippen LogP contribution in [-0.4, -0.2) is 35.4 Å². The van der Waals surface area contributed by atoms with Crippen LogP contribution in [0.4, 0.5) is 0 Å². The Labute approximate surface area is 132 Å². The van der Waals surface area contributed by atoms with E-state index in [4.69, 9.17) is 5.73 Å². The monoisotopic (exact) mass is 297 g/mol. The number of benzene rings is 1. The van der Waals surface area contributed by atoms with Crippen LogP contribution in [0.1, 0.15) is 17.5 Å². The highest BCUT2D eigenvalue weighted by molar-refractivity contribution is 5.76. The fourth-order valence-electron chi connectivity index (χ4n) is 2.38. The second kappa shape index (κ2) is 8.95. The molecule has 0 unspecified atom stereocenters. The minimum Gasteiger partial charge on any atom is -0.341 e. The van der Waals surface area contributed by atoms with Crippen molar-refractivity contribution in [1.82, 2.24) is 9.88 Å². The summed E-state index contributed by atoms with van der Waals surface area (Å²) in [6, 6.07) is 14.1. The average molecular weight is 297 g/mol. The molecule has 2 aromatic rings. The number of pyridine rings is 1. The Kier molecular flexibility index (Phi) is 6.58. The Morgan fingerprint density at radius 2 is 1.64 bits per heavy atom. The van der Waals surface area contributed by atoms with E-state index in [0.717, 1.165) is 24.9 Å². The molecule has 0 saturated carbocycles. The molecule has 4 nitrogen and oxygen atoms in total. The first-order chi connectivity index (χ1) is 10.8. The van der Waals surface area contributed by atoms with Crippen LogP contribution < -0.4 is 5.73 Å². The zero-order valence-corrected chi connectivity index (χ0v) is 12.8. The van der Waals surface area contributed by atoms with Gasteiger partial charge in [0, 0.05) is 38.4 Å². The minimum atomic E-state index is 0.165. The molecule has 4 heteroatoms. The van der Waals surface area contributed by atoms with Crippen molar-refractivity contribution in [1.29, 1.82) is 0 Å². The average Bonchev–Trinajstić information content (AvgIpc) is 2.58. The van der Waals surface area contributed by atoms with Crippen LogP contribution in [0.3, 0.4) is 0 Å². The first-order valence-electron chi connectivity index (χ1n) is 7.70. The molecule has 0 aliphatic carbocycles. The molecule has 0 spiro atoms. The van der Waals surface area contributed by atoms with Gasteiger partial charge >= 0.3 is 0 Å². The summed E-state index contributed by atoms with van der Waals surface area (Å²) in [5, 5.41) is 0. The van der Waals surface area contributed by atoms with Crippen molar-refractivity contribution in [3.8, 4) is 0 Å². The molecule has 22 heavy (non-hydrogen) atoms. The molecule has 0 atom stereocenters. The van der Waals surface area contributed by atoms with Gasteiger partial charge in [0.2, 0.25) is 5.91 Å². The molecule has 1 aromatic carbocycles. The Morgan fingerprint density at radius 3 is 2.32 bits per heavy atom. The molecule has 0 aliphatic heterocycles. The maximum absolute atomic E-state index is 12.4. The minimum absolute atomic E-state index is 0.165. The van der Waals surface area contributed by atoms with Gasteiger partial charge in [-0.3, -0.25) is 9.78 Å². The number of amides is 1. The molecule has 116 valence electrons. The van der Waals surface area contributed by atoms with Crippen LogP contribution in [-0.2, 0) is 17.6 Å². The lowest BCUT2D eigenvalue weighted by atomic mass is 10.1. The van der Waals surface area contributed by atoms with Crippen molar-refractivity contribution in [3.05, 3.63) is 66.0 Å². The van der Waals surface area contributed by atoms with Gasteiger partial charge in [-0.05, 0) is 36.1 Å². The zero-order valence-electron chi connectivity index (χ0n) is 12.8. The van der Waals surface area contributed by atoms with Crippen molar-refractivity contribution in [2.45, 2.75) is 19.3 Å². The van der Waals surface area contributed by atoms with E-state index in [9.17, 15) is 4.79 Å². The predicted octanol–water partition coefficient (Wildman–Crippen LogP) is 2.04. The lowest BCUT2D eigenvalue weighted by molar-refractivity contribution is -0.131. The van der Waals surface area contributed by atoms with Gasteiger partial charge in [-0.25, -0.2) is 0 Å². The Balaban J connectivity index is 1.85. The topological polar surface area (TPSA) is 59.2 Å². The fourth-order valence-corrected chi connectivity index (χ4v) is 2.38. The summed E-state index contributed by atoms with van der Waals surface area (Å²) in [6.07, 6.45) is 5.63. The fraction of sp³-hybridized carbons (Fsp3) is 0.333. The number of nitrogens with two attached hydrogens (primary N) is 1. The van der Waals surface area contributed by atoms with E-state index in [-0.39, 0.29) is 5.91 Å². The molecule has 0 bridgehead atoms. The Morgan fingerprint density at radius 1 is 0.955 bits per heavy atom. The van der Waals surface area contributed by atoms with Gasteiger partial charge in [-0.15, -0.1) is 0 Å². The van der Waals surface area contributed by atoms with Crippen LogP contribution in [0, 0.1) is 0 Å². The summed E-state index contributed by atoms with van der Waals surface area (Å²) < 4.78 is 0. The van der Waals surface area contributed by atoms with Gasteiger partial charge in [-0.1, -0.05) is 30.3 Å². The van der Waals surface area contributed by atoms with Crippen molar-refractivity contribution in [2.24, 2.45) is 5.73 Å². The van der Waals surface area contributed by atoms with E-state index in [1.807, 2.05) is 35.2 Å². The van der Waals surface area contributed by atoms with Crippen molar-refractivity contribution in [3.63, 3.8) is 0 Å². The molecule has 2 N–H and O–H groups in total. The van der Waals surface area contributed by atoms with Crippen LogP contribution >= 0.6 is 0 Å². The number of hydrogen-bond donors (Lipinski definition) is 1. The van der Waals surface area contributed by atoms with Crippen molar-refractivity contribution >= 4 is 5.91 Å². The van der Waals surface area contributed by atoms with Gasteiger partial charge in [0.1, 0.15) is 0 Å². The summed E-state index contributed by atoms with van der Waals surface area (Å²) in [5.41, 5.74) is 8.02. The van der Waals surface area contributed by atoms with Crippen LogP contribution in [0.15, 0.2) is 54.9 Å². The molecule has 2 rings (SSSR count). The lowest BCUT2D eigenvalue weighted by Crippen LogP contribution is -2.37. The standard InChI is InChI=1S/C18H23N3O/c19-11-15-21(14-10-16-4-2-1-3-5-16)18(22)7-6-17-8-12-20-13-9-17/h1-5,8-9,12-13H,6-7,10-11,14-15,19H2. The van der Waals surface area contributed by atoms with E-state index >= 15 is 0 Å². The van der Waals surface area contributed by atoms with Crippen LogP contribution in [0.5, 0.6) is 0 Å². The van der Waals surface area contributed by atoms with Gasteiger partial charge < -0.3 is 10.6 Å². The molecule has 1 heterocycles. The molecule has 0 aliphatic rings. The first kappa shape index (κ1) is 16.2. The third kappa shape index (κ3) is 5.30. The molecule has 0 fully saturated rings. The number of aryl methyl sites for hydroxylation is 1. The normalized spacial score (nSPS) is 10.4. The summed E-state index contributed by atoms with van der Waals surface area (Å²) >= 11 is 0. The van der Waals surface area contributed by atoms with Gasteiger partial charge in [0.05, 0.1) is 0 Å². The highest BCUT2D eigenvalue weighted by atomic mass is 16.2. The third-order valence-electron chi connectivity index (χ3n) is 3.64. The highest BCUT2D eigenvalue weighted by Crippen LogP contribution is 2.06. The second-order valence-electron chi connectivity index (χ2n) is 5.26. The highest BCUT2D eigenvalue weighted by Gasteiger charge is 2.12. The summed E-state index contributed by atoms with van der Waals surface area (Å²) in [6.45, 7) is 1.83. The SMILES string of the molecule is NCCN(CCc1ccccc1)C(=O)CCc1ccncc1. The molecule has 1 aromatic heterocycles. The lowest BCUT2D eigenvalue weighted by Gasteiger charge is -2.22. The maximum Gasteiger partial charge on any atom is 0.222 e. The number of rotatable bonds is 8. The van der Waals surface area contributed by atoms with Crippen LogP contribution in [0.25, 0.3) is 0 Å². The summed E-state index contributed by atoms with van der Waals surface area (Å²) in [4.78, 5) is 18.2. The number of hydrogen-bond acceptors (Lipinski definition) is 3. The second-order valence-corrected chi connectivity index (χ2v) is 5.26. The summed E-state index contributed by atoms with van der Waals surface area (Å²) in [5.74, 6) is 0.165. The third-order valence-corrected chi connectivity index (χ3v) is 3.64. The van der Waals surface area contributed by atoms with E-state index in [0.29, 0.717) is 19.5 Å². The van der Waals surface area contributed by atoms with E-state index in [2.05, 4.69) is 17.1 Å². The quantitative estimate of drug-likeness (QED) is 0.811. The number of carbonyl (C=O) groups is 1. The van der Waals surface area contributed by atoms with Crippen molar-refractivity contribution in [2.75, 3.05) is 19.6 Å². The Hall–Kier alpha value is -2.20. The molecular weight excluding hydrogens is 274 g/mol. The molecule has 0 radical (unpaired) electrons. The number of nitrogens with zero attached hydrogens (tertiary/aromatic N) is 2. The smallest absolute Gasteiger partial charge is 0.222 e. The zero-order chi connectivity index (χ0) is 15.6. The molecule has 0 saturated heterocycles. The number of aromatic nitrogens is 1. The van der Waals surface area contributed by atoms with E-state index in [1.54, 1.807) is 12.4 Å². The largest absolute Gasteiger partial charge is 0.341 e. The predicted molar refractivity (Wildman–Crippen MR) is 88.3 cm³/mol. The number of carbonyl (C=O) groups excluding carboxylic acids is 1. The Bertz CT molecular complexity index is 557. The van der Waals surface area contributed by atoms with Gasteiger partial charge in [0.25, 0.3) is 0 Å². The summed E-state index contributed by atoms with van der Waals surface area (Å²) in [7, 11) is 0. The van der Waals surface area contributed by atoms with Gasteiger partial charge in [0.15, 0.2) is 0 Å². The van der Waals surface area contributed by atoms with Gasteiger partial charge in [-0.2, -0.15) is 0 Å². The first-order valence-corrected chi connectivity index (χ1v) is 7.70.